The molecule has 0 radical (unpaired) electrons. The van der Waals surface area contributed by atoms with Crippen LogP contribution in [0.1, 0.15) is 58.3 Å². The molecule has 0 aromatic heterocycles. The van der Waals surface area contributed by atoms with E-state index in [-0.39, 0.29) is 0 Å². The number of rotatable bonds is 3. The SMILES string of the molecule is CC1CC(CCC2CCCC2)CCN1. The first kappa shape index (κ1) is 10.5. The summed E-state index contributed by atoms with van der Waals surface area (Å²) in [7, 11) is 0. The van der Waals surface area contributed by atoms with Gasteiger partial charge in [-0.1, -0.05) is 38.5 Å². The predicted octanol–water partition coefficient (Wildman–Crippen LogP) is 3.34. The Morgan fingerprint density at radius 3 is 2.43 bits per heavy atom. The summed E-state index contributed by atoms with van der Waals surface area (Å²) in [6.07, 6.45) is 12.0. The molecule has 0 amide bonds. The van der Waals surface area contributed by atoms with E-state index in [0.717, 1.165) is 17.9 Å². The Morgan fingerprint density at radius 2 is 1.71 bits per heavy atom. The molecule has 1 aliphatic heterocycles. The summed E-state index contributed by atoms with van der Waals surface area (Å²) in [6, 6.07) is 0.775. The maximum Gasteiger partial charge on any atom is 0.00413 e. The van der Waals surface area contributed by atoms with Gasteiger partial charge in [0.1, 0.15) is 0 Å². The van der Waals surface area contributed by atoms with Crippen LogP contribution in [-0.4, -0.2) is 12.6 Å². The highest BCUT2D eigenvalue weighted by Crippen LogP contribution is 2.31. The van der Waals surface area contributed by atoms with Crippen molar-refractivity contribution in [2.45, 2.75) is 64.3 Å². The van der Waals surface area contributed by atoms with Gasteiger partial charge in [-0.2, -0.15) is 0 Å². The van der Waals surface area contributed by atoms with Crippen molar-refractivity contribution >= 4 is 0 Å². The zero-order valence-electron chi connectivity index (χ0n) is 9.60. The Labute approximate surface area is 88.7 Å². The van der Waals surface area contributed by atoms with E-state index < -0.39 is 0 Å². The van der Waals surface area contributed by atoms with E-state index in [4.69, 9.17) is 0 Å². The highest BCUT2D eigenvalue weighted by atomic mass is 14.9. The van der Waals surface area contributed by atoms with Crippen molar-refractivity contribution in [1.82, 2.24) is 5.32 Å². The summed E-state index contributed by atoms with van der Waals surface area (Å²) in [5, 5.41) is 3.54. The van der Waals surface area contributed by atoms with E-state index in [9.17, 15) is 0 Å². The second-order valence-electron chi connectivity index (χ2n) is 5.47. The van der Waals surface area contributed by atoms with Gasteiger partial charge in [-0.3, -0.25) is 0 Å². The minimum Gasteiger partial charge on any atom is -0.314 e. The van der Waals surface area contributed by atoms with E-state index in [0.29, 0.717) is 0 Å². The van der Waals surface area contributed by atoms with Crippen molar-refractivity contribution in [2.24, 2.45) is 11.8 Å². The van der Waals surface area contributed by atoms with Crippen LogP contribution < -0.4 is 5.32 Å². The topological polar surface area (TPSA) is 12.0 Å². The highest BCUT2D eigenvalue weighted by molar-refractivity contribution is 4.77. The van der Waals surface area contributed by atoms with Gasteiger partial charge in [0.15, 0.2) is 0 Å². The average molecular weight is 195 g/mol. The summed E-state index contributed by atoms with van der Waals surface area (Å²) in [4.78, 5) is 0. The molecule has 2 aliphatic rings. The molecular formula is C13H25N. The van der Waals surface area contributed by atoms with Gasteiger partial charge in [-0.05, 0) is 38.1 Å². The fourth-order valence-corrected chi connectivity index (χ4v) is 3.27. The molecule has 2 rings (SSSR count). The average Bonchev–Trinajstić information content (AvgIpc) is 2.67. The highest BCUT2D eigenvalue weighted by Gasteiger charge is 2.21. The van der Waals surface area contributed by atoms with Crippen molar-refractivity contribution in [3.8, 4) is 0 Å². The van der Waals surface area contributed by atoms with E-state index in [1.54, 1.807) is 0 Å². The van der Waals surface area contributed by atoms with Gasteiger partial charge in [-0.25, -0.2) is 0 Å². The van der Waals surface area contributed by atoms with Crippen LogP contribution in [0.5, 0.6) is 0 Å². The Bertz CT molecular complexity index is 161. The second-order valence-corrected chi connectivity index (χ2v) is 5.47. The van der Waals surface area contributed by atoms with Crippen molar-refractivity contribution in [3.63, 3.8) is 0 Å². The van der Waals surface area contributed by atoms with Crippen molar-refractivity contribution in [1.29, 1.82) is 0 Å². The van der Waals surface area contributed by atoms with Crippen LogP contribution in [0.4, 0.5) is 0 Å². The molecule has 0 aromatic rings. The first-order valence-electron chi connectivity index (χ1n) is 6.58. The molecule has 1 N–H and O–H groups in total. The monoisotopic (exact) mass is 195 g/mol. The van der Waals surface area contributed by atoms with Gasteiger partial charge < -0.3 is 5.32 Å². The summed E-state index contributed by atoms with van der Waals surface area (Å²) in [5.41, 5.74) is 0. The zero-order chi connectivity index (χ0) is 9.80. The van der Waals surface area contributed by atoms with Gasteiger partial charge in [0.2, 0.25) is 0 Å². The van der Waals surface area contributed by atoms with Crippen molar-refractivity contribution < 1.29 is 0 Å². The Morgan fingerprint density at radius 1 is 1.00 bits per heavy atom. The molecule has 1 aliphatic carbocycles. The maximum atomic E-state index is 3.54. The predicted molar refractivity (Wildman–Crippen MR) is 61.4 cm³/mol. The van der Waals surface area contributed by atoms with Crippen LogP contribution in [0.2, 0.25) is 0 Å². The summed E-state index contributed by atoms with van der Waals surface area (Å²) in [5.74, 6) is 2.13. The normalized spacial score (nSPS) is 34.9. The van der Waals surface area contributed by atoms with E-state index in [1.807, 2.05) is 0 Å². The van der Waals surface area contributed by atoms with Gasteiger partial charge in [0.05, 0.1) is 0 Å². The Hall–Kier alpha value is -0.0400. The number of piperidine rings is 1. The lowest BCUT2D eigenvalue weighted by molar-refractivity contribution is 0.280. The molecule has 0 aromatic carbocycles. The van der Waals surface area contributed by atoms with Gasteiger partial charge in [0, 0.05) is 6.04 Å². The lowest BCUT2D eigenvalue weighted by Crippen LogP contribution is -2.35. The molecule has 2 unspecified atom stereocenters. The molecule has 1 saturated carbocycles. The molecule has 0 bridgehead atoms. The van der Waals surface area contributed by atoms with Gasteiger partial charge in [0.25, 0.3) is 0 Å². The Kier molecular flexibility index (Phi) is 3.86. The summed E-state index contributed by atoms with van der Waals surface area (Å²) < 4.78 is 0. The molecule has 1 nitrogen and oxygen atoms in total. The van der Waals surface area contributed by atoms with E-state index >= 15 is 0 Å². The van der Waals surface area contributed by atoms with E-state index in [1.165, 1.54) is 57.9 Å². The number of hydrogen-bond acceptors (Lipinski definition) is 1. The largest absolute Gasteiger partial charge is 0.314 e. The fraction of sp³-hybridized carbons (Fsp3) is 1.00. The zero-order valence-corrected chi connectivity index (χ0v) is 9.60. The quantitative estimate of drug-likeness (QED) is 0.728. The third-order valence-corrected chi connectivity index (χ3v) is 4.19. The third kappa shape index (κ3) is 2.98. The van der Waals surface area contributed by atoms with Crippen LogP contribution in [0.15, 0.2) is 0 Å². The lowest BCUT2D eigenvalue weighted by atomic mass is 9.86. The minimum absolute atomic E-state index is 0.775. The third-order valence-electron chi connectivity index (χ3n) is 4.19. The smallest absolute Gasteiger partial charge is 0.00413 e. The van der Waals surface area contributed by atoms with Crippen molar-refractivity contribution in [3.05, 3.63) is 0 Å². The molecule has 1 heterocycles. The van der Waals surface area contributed by atoms with Crippen LogP contribution in [0, 0.1) is 11.8 Å². The van der Waals surface area contributed by atoms with Crippen LogP contribution >= 0.6 is 0 Å². The molecule has 1 heteroatoms. The maximum absolute atomic E-state index is 3.54. The minimum atomic E-state index is 0.775. The van der Waals surface area contributed by atoms with Gasteiger partial charge in [-0.15, -0.1) is 0 Å². The molecule has 2 fully saturated rings. The molecule has 82 valence electrons. The molecular weight excluding hydrogens is 170 g/mol. The van der Waals surface area contributed by atoms with Gasteiger partial charge >= 0.3 is 0 Å². The fourth-order valence-electron chi connectivity index (χ4n) is 3.27. The molecule has 0 spiro atoms. The second kappa shape index (κ2) is 5.16. The van der Waals surface area contributed by atoms with Crippen molar-refractivity contribution in [2.75, 3.05) is 6.54 Å². The summed E-state index contributed by atoms with van der Waals surface area (Å²) >= 11 is 0. The number of hydrogen-bond donors (Lipinski definition) is 1. The van der Waals surface area contributed by atoms with Crippen LogP contribution in [-0.2, 0) is 0 Å². The first-order valence-corrected chi connectivity index (χ1v) is 6.58. The molecule has 1 saturated heterocycles. The standard InChI is InChI=1S/C13H25N/c1-11-10-13(8-9-14-11)7-6-12-4-2-3-5-12/h11-14H,2-10H2,1H3. The van der Waals surface area contributed by atoms with E-state index in [2.05, 4.69) is 12.2 Å². The van der Waals surface area contributed by atoms with Crippen LogP contribution in [0.3, 0.4) is 0 Å². The lowest BCUT2D eigenvalue weighted by Gasteiger charge is -2.28. The first-order chi connectivity index (χ1) is 6.84. The molecule has 14 heavy (non-hydrogen) atoms. The summed E-state index contributed by atoms with van der Waals surface area (Å²) in [6.45, 7) is 3.60. The Balaban J connectivity index is 1.64. The van der Waals surface area contributed by atoms with Crippen LogP contribution in [0.25, 0.3) is 0 Å². The number of nitrogens with one attached hydrogen (secondary N) is 1. The molecule has 2 atom stereocenters.